The molecule has 576 valence electrons. The SMILES string of the molecule is CC(C)C(=O)NC#N.CC(C)c1c[nH]oc1=O.CC(C)c1cc(=O)[nH]n1C.CC(C)c1cc(=O)[nH]o1.CC(C)c1cc(=O)[nH]s1.CC(C)c1cc(F)c(O)c(F)c1.CC(C)c1cncn1O.CC(C)c1cnnn1O.CC(C)c1cnnn1O.CC(C)c1cocc(O)c1=O.CC(C)c1nccn1O. The second-order valence-electron chi connectivity index (χ2n) is 26.0. The number of aromatic amines is 4. The molecule has 1 aromatic carbocycles. The number of phenols is 1. The summed E-state index contributed by atoms with van der Waals surface area (Å²) in [6.45, 7) is 42.7. The molecule has 10 rings (SSSR count). The van der Waals surface area contributed by atoms with Crippen molar-refractivity contribution in [1.82, 2.24) is 79.5 Å². The van der Waals surface area contributed by atoms with E-state index in [2.05, 4.69) is 82.6 Å². The lowest BCUT2D eigenvalue weighted by Gasteiger charge is -2.06. The molecule has 0 atom stereocenters. The number of nitriles is 1. The van der Waals surface area contributed by atoms with Crippen molar-refractivity contribution < 1.29 is 58.1 Å². The van der Waals surface area contributed by atoms with E-state index < -0.39 is 17.4 Å². The standard InChI is InChI=1S/C9H10F2O.C8H10O3.C7H12N2O.2C6H10N2O.2C6H9NO2.C6H9NOS.2C5H9N3O.C5H8N2O/c1-5(2)6-3-7(10)9(12)8(11)4-6;1-5(2)6-3-11-4-7(9)8(6)10;1-5(2)6-4-7(10)8-9(6)3;1-5(2)6-3-7-4-8(6)9;1-5(2)6-7-3-4-8(6)9;1-4(2)5-3-7-9-6(5)8;2*1-4(2)5-3-6(8)7-9-5;2*1-4(2)5-3-6-7-8(5)9;1-4(2)5(8)7-3-6/h3-5,12H,1-2H3;3-5,9H,1-2H3;4-5H,1-3H3,(H,8,10);2*3-5,9H,1-2H3;3-4,7H,1-2H3;2*3-4H,1-2H3,(H,7,8);2*3-4,9H,1-2H3;4H,1-2H3,(H,7,8). The zero-order valence-electron chi connectivity index (χ0n) is 63.3. The number of hydrogen-bond donors (Lipinski definition) is 11. The van der Waals surface area contributed by atoms with Gasteiger partial charge in [0.2, 0.25) is 11.3 Å². The fourth-order valence-electron chi connectivity index (χ4n) is 7.49. The Bertz CT molecular complexity index is 4110. The third-order valence-corrected chi connectivity index (χ3v) is 14.7. The number of carbonyl (C=O) groups excluding carboxylic acids is 1. The molecule has 1 amide bonds. The van der Waals surface area contributed by atoms with Crippen molar-refractivity contribution in [2.24, 2.45) is 13.0 Å². The van der Waals surface area contributed by atoms with Gasteiger partial charge in [0.15, 0.2) is 29.3 Å². The summed E-state index contributed by atoms with van der Waals surface area (Å²) in [4.78, 5) is 74.3. The van der Waals surface area contributed by atoms with E-state index in [-0.39, 0.29) is 86.7 Å². The van der Waals surface area contributed by atoms with Crippen LogP contribution in [0.5, 0.6) is 11.5 Å². The first-order valence-electron chi connectivity index (χ1n) is 33.0. The lowest BCUT2D eigenvalue weighted by atomic mass is 10.0. The number of hydrogen-bond acceptors (Lipinski definition) is 23. The Balaban J connectivity index is 0.00000112. The zero-order valence-corrected chi connectivity index (χ0v) is 64.1. The average molecular weight is 1480 g/mol. The third-order valence-electron chi connectivity index (χ3n) is 13.6. The monoisotopic (exact) mass is 1480 g/mol. The molecule has 0 radical (unpaired) electrons. The fraction of sp³-hybridized carbons (Fsp3) is 0.493. The first kappa shape index (κ1) is 93.0. The number of amides is 1. The van der Waals surface area contributed by atoms with Crippen LogP contribution in [0.4, 0.5) is 8.78 Å². The first-order valence-corrected chi connectivity index (χ1v) is 33.8. The highest BCUT2D eigenvalue weighted by Gasteiger charge is 2.13. The van der Waals surface area contributed by atoms with E-state index in [1.807, 2.05) is 123 Å². The lowest BCUT2D eigenvalue weighted by Crippen LogP contribution is -2.22. The summed E-state index contributed by atoms with van der Waals surface area (Å²) in [6.07, 6.45) is 14.8. The van der Waals surface area contributed by atoms with Crippen molar-refractivity contribution >= 4 is 17.4 Å². The van der Waals surface area contributed by atoms with Crippen LogP contribution < -0.4 is 33.0 Å². The summed E-state index contributed by atoms with van der Waals surface area (Å²) in [5.74, 6) is 0.727. The molecule has 9 heterocycles. The van der Waals surface area contributed by atoms with E-state index >= 15 is 0 Å². The molecule has 32 nitrogen and oxygen atoms in total. The number of nitrogens with zero attached hydrogens (tertiary/aromatic N) is 12. The van der Waals surface area contributed by atoms with Gasteiger partial charge in [-0.25, -0.2) is 28.7 Å². The van der Waals surface area contributed by atoms with Crippen molar-refractivity contribution in [2.45, 2.75) is 212 Å². The predicted octanol–water partition coefficient (Wildman–Crippen LogP) is 12.8. The lowest BCUT2D eigenvalue weighted by molar-refractivity contribution is -0.122. The Labute approximate surface area is 605 Å². The van der Waals surface area contributed by atoms with Crippen LogP contribution in [0.1, 0.15) is 267 Å². The Kier molecular flexibility index (Phi) is 42.2. The van der Waals surface area contributed by atoms with Crippen molar-refractivity contribution in [2.75, 3.05) is 0 Å². The summed E-state index contributed by atoms with van der Waals surface area (Å²) in [6, 6.07) is 7.02. The molecule has 0 aliphatic carbocycles. The van der Waals surface area contributed by atoms with Gasteiger partial charge in [0, 0.05) is 83.4 Å². The Morgan fingerprint density at radius 3 is 1.36 bits per heavy atom. The minimum atomic E-state index is -0.904. The van der Waals surface area contributed by atoms with Crippen LogP contribution in [0, 0.1) is 29.0 Å². The molecule has 0 unspecified atom stereocenters. The Hall–Kier alpha value is -11.1. The second-order valence-corrected chi connectivity index (χ2v) is 26.9. The topological polar surface area (TPSA) is 464 Å². The average Bonchev–Trinajstić information content (AvgIpc) is 1.85. The van der Waals surface area contributed by atoms with Gasteiger partial charge in [0.1, 0.15) is 35.6 Å². The van der Waals surface area contributed by atoms with Crippen LogP contribution in [0.2, 0.25) is 0 Å². The number of phenolic OH excluding ortho intramolecular Hbond substituents is 1. The molecule has 104 heavy (non-hydrogen) atoms. The van der Waals surface area contributed by atoms with Crippen LogP contribution in [-0.4, -0.2) is 111 Å². The smallest absolute Gasteiger partial charge is 0.360 e. The quantitative estimate of drug-likeness (QED) is 0.0325. The number of halogens is 2. The molecule has 11 N–H and O–H groups in total. The van der Waals surface area contributed by atoms with E-state index in [1.54, 1.807) is 67.8 Å². The molecule has 0 aliphatic rings. The molecular formula is C69H105F2N17O15S. The van der Waals surface area contributed by atoms with Crippen LogP contribution >= 0.6 is 11.5 Å². The van der Waals surface area contributed by atoms with Gasteiger partial charge in [-0.15, -0.1) is 10.2 Å². The number of rotatable bonds is 11. The summed E-state index contributed by atoms with van der Waals surface area (Å²) < 4.78 is 45.9. The molecule has 9 aromatic heterocycles. The van der Waals surface area contributed by atoms with Crippen molar-refractivity contribution in [1.29, 1.82) is 5.26 Å². The van der Waals surface area contributed by atoms with Gasteiger partial charge < -0.3 is 44.5 Å². The number of imidazole rings is 2. The molecule has 0 bridgehead atoms. The summed E-state index contributed by atoms with van der Waals surface area (Å²) in [7, 11) is 1.84. The number of aromatic nitrogens is 15. The molecule has 0 saturated heterocycles. The Morgan fingerprint density at radius 2 is 1.12 bits per heavy atom. The van der Waals surface area contributed by atoms with Gasteiger partial charge >= 0.3 is 5.63 Å². The van der Waals surface area contributed by atoms with Gasteiger partial charge in [-0.3, -0.25) is 43.4 Å². The number of carbonyl (C=O) groups is 1. The normalized spacial score (nSPS) is 10.4. The number of H-pyrrole nitrogens is 4. The maximum absolute atomic E-state index is 12.7. The van der Waals surface area contributed by atoms with E-state index in [0.29, 0.717) is 46.0 Å². The predicted molar refractivity (Wildman–Crippen MR) is 387 cm³/mol. The highest BCUT2D eigenvalue weighted by molar-refractivity contribution is 7.05. The van der Waals surface area contributed by atoms with E-state index in [4.69, 9.17) is 45.2 Å². The number of aromatic hydroxyl groups is 2. The van der Waals surface area contributed by atoms with Gasteiger partial charge in [-0.2, -0.15) is 19.9 Å². The molecule has 0 spiro atoms. The molecule has 35 heteroatoms. The number of nitrogens with one attached hydrogen (secondary N) is 5. The van der Waals surface area contributed by atoms with Gasteiger partial charge in [-0.05, 0) is 63.6 Å². The van der Waals surface area contributed by atoms with E-state index in [0.717, 1.165) is 65.2 Å². The maximum Gasteiger partial charge on any atom is 0.360 e. The molecule has 0 fully saturated rings. The number of benzene rings is 1. The van der Waals surface area contributed by atoms with Crippen LogP contribution in [0.15, 0.2) is 124 Å². The molecule has 0 saturated carbocycles. The molecular weight excluding hydrogens is 1380 g/mol. The highest BCUT2D eigenvalue weighted by atomic mass is 32.1. The molecule has 0 aliphatic heterocycles. The second kappa shape index (κ2) is 47.2. The third kappa shape index (κ3) is 34.5. The largest absolute Gasteiger partial charge is 0.503 e. The molecule has 10 aromatic rings. The summed E-state index contributed by atoms with van der Waals surface area (Å²) in [5.41, 5.74) is 4.33. The van der Waals surface area contributed by atoms with Gasteiger partial charge in [0.05, 0.1) is 42.3 Å². The summed E-state index contributed by atoms with van der Waals surface area (Å²) >= 11 is 1.42. The van der Waals surface area contributed by atoms with Crippen molar-refractivity contribution in [3.8, 4) is 17.7 Å². The first-order chi connectivity index (χ1) is 48.4. The van der Waals surface area contributed by atoms with Crippen LogP contribution in [0.25, 0.3) is 0 Å². The van der Waals surface area contributed by atoms with Gasteiger partial charge in [-0.1, -0.05) is 174 Å². The van der Waals surface area contributed by atoms with E-state index in [1.165, 1.54) is 36.4 Å². The minimum absolute atomic E-state index is 0.0173. The highest BCUT2D eigenvalue weighted by Crippen LogP contribution is 2.25. The van der Waals surface area contributed by atoms with E-state index in [9.17, 15) is 37.5 Å². The van der Waals surface area contributed by atoms with Crippen molar-refractivity contribution in [3.63, 3.8) is 0 Å². The Morgan fingerprint density at radius 1 is 0.596 bits per heavy atom. The maximum atomic E-state index is 12.7. The minimum Gasteiger partial charge on any atom is -0.503 e. The number of aryl methyl sites for hydroxylation is 1. The van der Waals surface area contributed by atoms with Crippen LogP contribution in [0.3, 0.4) is 0 Å². The van der Waals surface area contributed by atoms with Gasteiger partial charge in [0.25, 0.3) is 16.7 Å². The zero-order chi connectivity index (χ0) is 80.0. The van der Waals surface area contributed by atoms with Crippen LogP contribution in [-0.2, 0) is 11.8 Å². The summed E-state index contributed by atoms with van der Waals surface area (Å²) in [5, 5.41) is 84.3. The fourth-order valence-corrected chi connectivity index (χ4v) is 8.17. The van der Waals surface area contributed by atoms with Crippen molar-refractivity contribution in [3.05, 3.63) is 206 Å².